The van der Waals surface area contributed by atoms with Crippen molar-refractivity contribution in [1.29, 1.82) is 0 Å². The van der Waals surface area contributed by atoms with Crippen LogP contribution in [0.15, 0.2) is 30.5 Å². The lowest BCUT2D eigenvalue weighted by Crippen LogP contribution is -2.17. The highest BCUT2D eigenvalue weighted by molar-refractivity contribution is 5.80. The van der Waals surface area contributed by atoms with Crippen LogP contribution in [0.4, 0.5) is 13.2 Å². The van der Waals surface area contributed by atoms with Crippen molar-refractivity contribution in [2.75, 3.05) is 13.2 Å². The Hall–Kier alpha value is -1.49. The number of hydrogen-bond acceptors (Lipinski definition) is 1. The number of aryl methyl sites for hydroxylation is 2. The smallest absolute Gasteiger partial charge is 0.372 e. The van der Waals surface area contributed by atoms with Crippen LogP contribution in [0.2, 0.25) is 0 Å². The van der Waals surface area contributed by atoms with E-state index in [1.807, 2.05) is 35.9 Å². The number of alkyl halides is 3. The van der Waals surface area contributed by atoms with Crippen molar-refractivity contribution in [2.24, 2.45) is 0 Å². The molecule has 0 N–H and O–H groups in total. The molecule has 0 atom stereocenters. The minimum absolute atomic E-state index is 0.116. The molecule has 1 aromatic heterocycles. The zero-order chi connectivity index (χ0) is 13.9. The average Bonchev–Trinajstić information content (AvgIpc) is 2.69. The van der Waals surface area contributed by atoms with E-state index in [9.17, 15) is 13.2 Å². The number of hydrogen-bond donors (Lipinski definition) is 0. The Kier molecular flexibility index (Phi) is 4.14. The van der Waals surface area contributed by atoms with Gasteiger partial charge in [-0.1, -0.05) is 11.6 Å². The van der Waals surface area contributed by atoms with Crippen LogP contribution in [-0.4, -0.2) is 24.0 Å². The lowest BCUT2D eigenvalue weighted by Gasteiger charge is -2.08. The summed E-state index contributed by atoms with van der Waals surface area (Å²) >= 11 is 0. The van der Waals surface area contributed by atoms with E-state index in [0.29, 0.717) is 13.0 Å². The number of ether oxygens (including phenoxy) is 1. The monoisotopic (exact) mass is 271 g/mol. The van der Waals surface area contributed by atoms with Gasteiger partial charge in [-0.2, -0.15) is 13.2 Å². The van der Waals surface area contributed by atoms with Gasteiger partial charge in [0.1, 0.15) is 6.61 Å². The minimum atomic E-state index is -4.24. The second-order valence-corrected chi connectivity index (χ2v) is 4.59. The van der Waals surface area contributed by atoms with Gasteiger partial charge in [-0.05, 0) is 36.9 Å². The van der Waals surface area contributed by atoms with Crippen molar-refractivity contribution in [3.63, 3.8) is 0 Å². The molecule has 0 bridgehead atoms. The Morgan fingerprint density at radius 2 is 2.00 bits per heavy atom. The van der Waals surface area contributed by atoms with Crippen LogP contribution in [0.5, 0.6) is 0 Å². The number of rotatable bonds is 5. The molecule has 0 saturated carbocycles. The van der Waals surface area contributed by atoms with Crippen LogP contribution in [0.1, 0.15) is 12.0 Å². The van der Waals surface area contributed by atoms with E-state index < -0.39 is 12.8 Å². The minimum Gasteiger partial charge on any atom is -0.372 e. The predicted octanol–water partition coefficient (Wildman–Crippen LogP) is 3.92. The van der Waals surface area contributed by atoms with Gasteiger partial charge in [0.2, 0.25) is 0 Å². The van der Waals surface area contributed by atoms with E-state index in [2.05, 4.69) is 10.8 Å². The molecular weight excluding hydrogens is 255 g/mol. The first-order valence-electron chi connectivity index (χ1n) is 6.16. The second-order valence-electron chi connectivity index (χ2n) is 4.59. The number of benzene rings is 1. The molecular formula is C14H16F3NO. The first-order chi connectivity index (χ1) is 8.96. The number of fused-ring (bicyclic) bond motifs is 1. The van der Waals surface area contributed by atoms with E-state index in [0.717, 1.165) is 10.9 Å². The molecule has 5 heteroatoms. The summed E-state index contributed by atoms with van der Waals surface area (Å²) in [4.78, 5) is 0. The zero-order valence-corrected chi connectivity index (χ0v) is 10.7. The standard InChI is InChI=1S/C14H16F3NO/c1-11-3-4-13-12(9-11)5-7-18(13)6-2-8-19-10-14(15,16)17/h3-5,7,9H,2,6,8,10H2,1H3. The number of aromatic nitrogens is 1. The first-order valence-corrected chi connectivity index (χ1v) is 6.16. The van der Waals surface area contributed by atoms with Crippen LogP contribution in [-0.2, 0) is 11.3 Å². The van der Waals surface area contributed by atoms with Gasteiger partial charge in [0, 0.05) is 24.9 Å². The van der Waals surface area contributed by atoms with Crippen molar-refractivity contribution in [3.8, 4) is 0 Å². The number of halogens is 3. The lowest BCUT2D eigenvalue weighted by molar-refractivity contribution is -0.174. The second kappa shape index (κ2) is 5.65. The first kappa shape index (κ1) is 13.9. The topological polar surface area (TPSA) is 14.2 Å². The summed E-state index contributed by atoms with van der Waals surface area (Å²) in [6, 6.07) is 8.16. The van der Waals surface area contributed by atoms with Gasteiger partial charge in [-0.25, -0.2) is 0 Å². The average molecular weight is 271 g/mol. The normalized spacial score (nSPS) is 12.2. The molecule has 2 rings (SSSR count). The van der Waals surface area contributed by atoms with Crippen molar-refractivity contribution in [2.45, 2.75) is 26.1 Å². The SMILES string of the molecule is Cc1ccc2c(ccn2CCCOCC(F)(F)F)c1. The Labute approximate surface area is 109 Å². The molecule has 0 aliphatic carbocycles. The Bertz CT molecular complexity index is 545. The highest BCUT2D eigenvalue weighted by Gasteiger charge is 2.27. The summed E-state index contributed by atoms with van der Waals surface area (Å²) in [5.74, 6) is 0. The lowest BCUT2D eigenvalue weighted by atomic mass is 10.2. The van der Waals surface area contributed by atoms with Crippen molar-refractivity contribution in [1.82, 2.24) is 4.57 Å². The van der Waals surface area contributed by atoms with Gasteiger partial charge in [-0.3, -0.25) is 0 Å². The van der Waals surface area contributed by atoms with Gasteiger partial charge in [0.15, 0.2) is 0 Å². The van der Waals surface area contributed by atoms with Crippen LogP contribution >= 0.6 is 0 Å². The molecule has 2 nitrogen and oxygen atoms in total. The van der Waals surface area contributed by atoms with E-state index in [1.54, 1.807) is 0 Å². The Morgan fingerprint density at radius 3 is 2.74 bits per heavy atom. The largest absolute Gasteiger partial charge is 0.411 e. The summed E-state index contributed by atoms with van der Waals surface area (Å²) in [6.45, 7) is 1.63. The highest BCUT2D eigenvalue weighted by Crippen LogP contribution is 2.18. The maximum atomic E-state index is 11.9. The van der Waals surface area contributed by atoms with Gasteiger partial charge < -0.3 is 9.30 Å². The van der Waals surface area contributed by atoms with Gasteiger partial charge in [0.25, 0.3) is 0 Å². The van der Waals surface area contributed by atoms with Crippen LogP contribution < -0.4 is 0 Å². The Morgan fingerprint density at radius 1 is 1.21 bits per heavy atom. The third kappa shape index (κ3) is 3.99. The molecule has 0 fully saturated rings. The molecule has 0 amide bonds. The molecule has 1 heterocycles. The van der Waals surface area contributed by atoms with Crippen molar-refractivity contribution >= 4 is 10.9 Å². The fraction of sp³-hybridized carbons (Fsp3) is 0.429. The molecule has 0 saturated heterocycles. The fourth-order valence-corrected chi connectivity index (χ4v) is 2.04. The highest BCUT2D eigenvalue weighted by atomic mass is 19.4. The van der Waals surface area contributed by atoms with Crippen LogP contribution in [0.3, 0.4) is 0 Å². The molecule has 19 heavy (non-hydrogen) atoms. The molecule has 104 valence electrons. The van der Waals surface area contributed by atoms with Crippen molar-refractivity contribution < 1.29 is 17.9 Å². The van der Waals surface area contributed by atoms with Gasteiger partial charge in [-0.15, -0.1) is 0 Å². The summed E-state index contributed by atoms with van der Waals surface area (Å²) in [5.41, 5.74) is 2.29. The molecule has 2 aromatic rings. The Balaban J connectivity index is 1.85. The molecule has 0 spiro atoms. The molecule has 0 radical (unpaired) electrons. The van der Waals surface area contributed by atoms with E-state index >= 15 is 0 Å². The summed E-state index contributed by atoms with van der Waals surface area (Å²) < 4.78 is 42.2. The summed E-state index contributed by atoms with van der Waals surface area (Å²) in [5, 5.41) is 1.15. The maximum absolute atomic E-state index is 11.9. The zero-order valence-electron chi connectivity index (χ0n) is 10.7. The fourth-order valence-electron chi connectivity index (χ4n) is 2.04. The molecule has 0 aliphatic rings. The van der Waals surface area contributed by atoms with Gasteiger partial charge >= 0.3 is 6.18 Å². The third-order valence-corrected chi connectivity index (χ3v) is 2.88. The van der Waals surface area contributed by atoms with Crippen LogP contribution in [0.25, 0.3) is 10.9 Å². The summed E-state index contributed by atoms with van der Waals surface area (Å²) in [7, 11) is 0. The molecule has 0 aliphatic heterocycles. The molecule has 1 aromatic carbocycles. The van der Waals surface area contributed by atoms with Crippen molar-refractivity contribution in [3.05, 3.63) is 36.0 Å². The quantitative estimate of drug-likeness (QED) is 0.752. The van der Waals surface area contributed by atoms with E-state index in [1.165, 1.54) is 5.56 Å². The summed E-state index contributed by atoms with van der Waals surface area (Å²) in [6.07, 6.45) is -1.72. The van der Waals surface area contributed by atoms with E-state index in [4.69, 9.17) is 0 Å². The van der Waals surface area contributed by atoms with Crippen LogP contribution in [0, 0.1) is 6.92 Å². The van der Waals surface area contributed by atoms with E-state index in [-0.39, 0.29) is 6.61 Å². The molecule has 0 unspecified atom stereocenters. The maximum Gasteiger partial charge on any atom is 0.411 e. The predicted molar refractivity (Wildman–Crippen MR) is 68.2 cm³/mol. The number of nitrogens with zero attached hydrogens (tertiary/aromatic N) is 1. The third-order valence-electron chi connectivity index (χ3n) is 2.88. The van der Waals surface area contributed by atoms with Gasteiger partial charge in [0.05, 0.1) is 0 Å².